The van der Waals surface area contributed by atoms with E-state index >= 15 is 0 Å². The quantitative estimate of drug-likeness (QED) is 0.799. The second-order valence-corrected chi connectivity index (χ2v) is 5.81. The van der Waals surface area contributed by atoms with Crippen LogP contribution in [0, 0.1) is 0 Å². The Hall–Kier alpha value is -0.870. The van der Waals surface area contributed by atoms with Gasteiger partial charge >= 0.3 is 0 Å². The maximum absolute atomic E-state index is 12.5. The van der Waals surface area contributed by atoms with E-state index in [1.165, 1.54) is 5.56 Å². The van der Waals surface area contributed by atoms with Gasteiger partial charge in [-0.25, -0.2) is 0 Å². The molecule has 1 atom stereocenters. The van der Waals surface area contributed by atoms with Crippen molar-refractivity contribution >= 4 is 21.8 Å². The van der Waals surface area contributed by atoms with Crippen LogP contribution in [0.15, 0.2) is 24.3 Å². The summed E-state index contributed by atoms with van der Waals surface area (Å²) in [6.07, 6.45) is 0. The topological polar surface area (TPSA) is 29.5 Å². The molecule has 1 saturated heterocycles. The van der Waals surface area contributed by atoms with Gasteiger partial charge in [-0.1, -0.05) is 41.9 Å². The van der Waals surface area contributed by atoms with Gasteiger partial charge in [0.15, 0.2) is 0 Å². The minimum atomic E-state index is 0.100. The van der Waals surface area contributed by atoms with E-state index in [9.17, 15) is 4.79 Å². The van der Waals surface area contributed by atoms with Crippen molar-refractivity contribution in [3.05, 3.63) is 35.4 Å². The molecule has 1 heterocycles. The summed E-state index contributed by atoms with van der Waals surface area (Å²) < 4.78 is 5.42. The molecule has 0 bridgehead atoms. The second-order valence-electron chi connectivity index (χ2n) is 5.16. The zero-order chi connectivity index (χ0) is 13.8. The monoisotopic (exact) mass is 325 g/mol. The average Bonchev–Trinajstić information content (AvgIpc) is 2.46. The van der Waals surface area contributed by atoms with Gasteiger partial charge in [0.1, 0.15) is 0 Å². The SMILES string of the molecule is CC(C)c1ccc(C(=O)N2CCOCC2CBr)cc1. The Kier molecular flexibility index (Phi) is 4.99. The largest absolute Gasteiger partial charge is 0.377 e. The summed E-state index contributed by atoms with van der Waals surface area (Å²) in [5, 5.41) is 0.753. The van der Waals surface area contributed by atoms with Gasteiger partial charge in [0.05, 0.1) is 19.3 Å². The standard InChI is InChI=1S/C15H20BrNO2/c1-11(2)12-3-5-13(6-4-12)15(18)17-7-8-19-10-14(17)9-16/h3-6,11,14H,7-10H2,1-2H3. The molecule has 0 saturated carbocycles. The highest BCUT2D eigenvalue weighted by molar-refractivity contribution is 9.09. The van der Waals surface area contributed by atoms with Crippen molar-refractivity contribution in [2.75, 3.05) is 25.1 Å². The summed E-state index contributed by atoms with van der Waals surface area (Å²) in [4.78, 5) is 14.4. The summed E-state index contributed by atoms with van der Waals surface area (Å²) in [7, 11) is 0. The van der Waals surface area contributed by atoms with Crippen LogP contribution in [0.25, 0.3) is 0 Å². The number of carbonyl (C=O) groups excluding carboxylic acids is 1. The van der Waals surface area contributed by atoms with Gasteiger partial charge in [0.25, 0.3) is 5.91 Å². The fourth-order valence-electron chi connectivity index (χ4n) is 2.23. The smallest absolute Gasteiger partial charge is 0.254 e. The first kappa shape index (κ1) is 14.5. The lowest BCUT2D eigenvalue weighted by molar-refractivity contribution is 0.00525. The zero-order valence-corrected chi connectivity index (χ0v) is 13.0. The van der Waals surface area contributed by atoms with Crippen LogP contribution in [0.5, 0.6) is 0 Å². The number of morpholine rings is 1. The number of nitrogens with zero attached hydrogens (tertiary/aromatic N) is 1. The minimum Gasteiger partial charge on any atom is -0.377 e. The Morgan fingerprint density at radius 2 is 2.11 bits per heavy atom. The third-order valence-corrected chi connectivity index (χ3v) is 4.24. The minimum absolute atomic E-state index is 0.100. The molecule has 2 rings (SSSR count). The van der Waals surface area contributed by atoms with E-state index in [2.05, 4.69) is 29.8 Å². The Balaban J connectivity index is 2.13. The molecule has 0 aliphatic carbocycles. The first-order chi connectivity index (χ1) is 9.13. The predicted octanol–water partition coefficient (Wildman–Crippen LogP) is 3.05. The van der Waals surface area contributed by atoms with Gasteiger partial charge < -0.3 is 9.64 Å². The number of halogens is 1. The van der Waals surface area contributed by atoms with Crippen molar-refractivity contribution in [2.24, 2.45) is 0 Å². The molecule has 1 fully saturated rings. The average molecular weight is 326 g/mol. The highest BCUT2D eigenvalue weighted by Gasteiger charge is 2.27. The van der Waals surface area contributed by atoms with Crippen LogP contribution in [-0.4, -0.2) is 41.9 Å². The van der Waals surface area contributed by atoms with E-state index in [-0.39, 0.29) is 11.9 Å². The van der Waals surface area contributed by atoms with E-state index in [0.29, 0.717) is 25.7 Å². The highest BCUT2D eigenvalue weighted by atomic mass is 79.9. The molecular formula is C15H20BrNO2. The summed E-state index contributed by atoms with van der Waals surface area (Å²) >= 11 is 3.45. The Bertz CT molecular complexity index is 430. The summed E-state index contributed by atoms with van der Waals surface area (Å²) in [5.74, 6) is 0.589. The fourth-order valence-corrected chi connectivity index (χ4v) is 2.76. The molecule has 1 aliphatic heterocycles. The second kappa shape index (κ2) is 6.53. The lowest BCUT2D eigenvalue weighted by Gasteiger charge is -2.34. The summed E-state index contributed by atoms with van der Waals surface area (Å²) in [6, 6.07) is 8.07. The van der Waals surface area contributed by atoms with Gasteiger partial charge in [-0.05, 0) is 23.6 Å². The highest BCUT2D eigenvalue weighted by Crippen LogP contribution is 2.18. The molecule has 104 valence electrons. The number of hydrogen-bond acceptors (Lipinski definition) is 2. The van der Waals surface area contributed by atoms with Crippen molar-refractivity contribution in [1.29, 1.82) is 0 Å². The van der Waals surface area contributed by atoms with Gasteiger partial charge in [-0.3, -0.25) is 4.79 Å². The third-order valence-electron chi connectivity index (χ3n) is 3.49. The van der Waals surface area contributed by atoms with Crippen LogP contribution in [0.3, 0.4) is 0 Å². The van der Waals surface area contributed by atoms with E-state index in [0.717, 1.165) is 10.9 Å². The molecule has 3 nitrogen and oxygen atoms in total. The van der Waals surface area contributed by atoms with Crippen LogP contribution in [0.4, 0.5) is 0 Å². The first-order valence-electron chi connectivity index (χ1n) is 6.68. The first-order valence-corrected chi connectivity index (χ1v) is 7.80. The number of hydrogen-bond donors (Lipinski definition) is 0. The Labute approximate surface area is 123 Å². The molecule has 4 heteroatoms. The third kappa shape index (κ3) is 3.37. The molecule has 19 heavy (non-hydrogen) atoms. The lowest BCUT2D eigenvalue weighted by atomic mass is 10.0. The molecule has 1 aromatic rings. The molecule has 1 aliphatic rings. The van der Waals surface area contributed by atoms with E-state index in [1.54, 1.807) is 0 Å². The molecule has 0 radical (unpaired) electrons. The van der Waals surface area contributed by atoms with Crippen molar-refractivity contribution in [3.63, 3.8) is 0 Å². The summed E-state index contributed by atoms with van der Waals surface area (Å²) in [6.45, 7) is 6.21. The van der Waals surface area contributed by atoms with Crippen LogP contribution in [0.1, 0.15) is 35.7 Å². The van der Waals surface area contributed by atoms with Crippen molar-refractivity contribution in [1.82, 2.24) is 4.90 Å². The van der Waals surface area contributed by atoms with Gasteiger partial charge in [0, 0.05) is 17.4 Å². The van der Waals surface area contributed by atoms with Gasteiger partial charge in [-0.15, -0.1) is 0 Å². The van der Waals surface area contributed by atoms with E-state index in [4.69, 9.17) is 4.74 Å². The van der Waals surface area contributed by atoms with Crippen molar-refractivity contribution in [3.8, 4) is 0 Å². The van der Waals surface area contributed by atoms with E-state index < -0.39 is 0 Å². The normalized spacial score (nSPS) is 19.8. The summed E-state index contributed by atoms with van der Waals surface area (Å²) in [5.41, 5.74) is 2.02. The number of carbonyl (C=O) groups is 1. The molecule has 0 aromatic heterocycles. The number of alkyl halides is 1. The molecule has 0 N–H and O–H groups in total. The van der Waals surface area contributed by atoms with Crippen LogP contribution < -0.4 is 0 Å². The van der Waals surface area contributed by atoms with Gasteiger partial charge in [-0.2, -0.15) is 0 Å². The van der Waals surface area contributed by atoms with Crippen molar-refractivity contribution < 1.29 is 9.53 Å². The Morgan fingerprint density at radius 3 is 2.68 bits per heavy atom. The maximum atomic E-state index is 12.5. The van der Waals surface area contributed by atoms with Gasteiger partial charge in [0.2, 0.25) is 0 Å². The maximum Gasteiger partial charge on any atom is 0.254 e. The Morgan fingerprint density at radius 1 is 1.42 bits per heavy atom. The predicted molar refractivity (Wildman–Crippen MR) is 80.0 cm³/mol. The van der Waals surface area contributed by atoms with E-state index in [1.807, 2.05) is 29.2 Å². The fraction of sp³-hybridized carbons (Fsp3) is 0.533. The number of ether oxygens (including phenoxy) is 1. The lowest BCUT2D eigenvalue weighted by Crippen LogP contribution is -2.49. The number of benzene rings is 1. The van der Waals surface area contributed by atoms with Crippen molar-refractivity contribution in [2.45, 2.75) is 25.8 Å². The molecule has 1 aromatic carbocycles. The number of rotatable bonds is 3. The zero-order valence-electron chi connectivity index (χ0n) is 11.4. The molecule has 0 spiro atoms. The molecule has 1 amide bonds. The van der Waals surface area contributed by atoms with Crippen LogP contribution >= 0.6 is 15.9 Å². The van der Waals surface area contributed by atoms with Crippen LogP contribution in [0.2, 0.25) is 0 Å². The number of amides is 1. The molecular weight excluding hydrogens is 306 g/mol. The van der Waals surface area contributed by atoms with Crippen LogP contribution in [-0.2, 0) is 4.74 Å². The molecule has 1 unspecified atom stereocenters.